The molecular weight excluding hydrogens is 382 g/mol. The third-order valence-corrected chi connectivity index (χ3v) is 4.47. The molecule has 0 amide bonds. The quantitative estimate of drug-likeness (QED) is 0.558. The highest BCUT2D eigenvalue weighted by molar-refractivity contribution is 9.10. The SMILES string of the molecule is COc1ccc(OC)c(NC(N)=NCC(C)(C)c2ccc(Br)cc2)c1. The first-order valence-corrected chi connectivity index (χ1v) is 8.70. The number of rotatable bonds is 6. The van der Waals surface area contributed by atoms with Crippen LogP contribution in [0.3, 0.4) is 0 Å². The number of hydrogen-bond donors (Lipinski definition) is 2. The van der Waals surface area contributed by atoms with Gasteiger partial charge in [-0.25, -0.2) is 0 Å². The number of anilines is 1. The Hall–Kier alpha value is -2.21. The number of halogens is 1. The number of nitrogens with zero attached hydrogens (tertiary/aromatic N) is 1. The summed E-state index contributed by atoms with van der Waals surface area (Å²) in [6, 6.07) is 13.7. The smallest absolute Gasteiger partial charge is 0.193 e. The van der Waals surface area contributed by atoms with Gasteiger partial charge >= 0.3 is 0 Å². The van der Waals surface area contributed by atoms with E-state index >= 15 is 0 Å². The van der Waals surface area contributed by atoms with Gasteiger partial charge in [0.05, 0.1) is 26.5 Å². The van der Waals surface area contributed by atoms with E-state index in [9.17, 15) is 0 Å². The van der Waals surface area contributed by atoms with Gasteiger partial charge in [0.15, 0.2) is 5.96 Å². The molecule has 0 atom stereocenters. The number of methoxy groups -OCH3 is 2. The first-order valence-electron chi connectivity index (χ1n) is 7.91. The highest BCUT2D eigenvalue weighted by Crippen LogP contribution is 2.29. The zero-order chi connectivity index (χ0) is 18.4. The van der Waals surface area contributed by atoms with Crippen molar-refractivity contribution in [1.82, 2.24) is 0 Å². The van der Waals surface area contributed by atoms with Crippen LogP contribution < -0.4 is 20.5 Å². The van der Waals surface area contributed by atoms with Crippen molar-refractivity contribution in [1.29, 1.82) is 0 Å². The van der Waals surface area contributed by atoms with Gasteiger partial charge in [-0.1, -0.05) is 41.9 Å². The highest BCUT2D eigenvalue weighted by atomic mass is 79.9. The minimum absolute atomic E-state index is 0.133. The normalized spacial score (nSPS) is 12.0. The molecule has 134 valence electrons. The molecule has 0 saturated carbocycles. The first kappa shape index (κ1) is 19.1. The lowest BCUT2D eigenvalue weighted by Crippen LogP contribution is -2.28. The van der Waals surface area contributed by atoms with E-state index in [0.29, 0.717) is 29.7 Å². The van der Waals surface area contributed by atoms with Crippen LogP contribution in [0.2, 0.25) is 0 Å². The van der Waals surface area contributed by atoms with E-state index < -0.39 is 0 Å². The molecule has 2 aromatic carbocycles. The van der Waals surface area contributed by atoms with Gasteiger partial charge in [-0.05, 0) is 29.8 Å². The third kappa shape index (κ3) is 5.13. The van der Waals surface area contributed by atoms with Gasteiger partial charge in [0.1, 0.15) is 11.5 Å². The van der Waals surface area contributed by atoms with E-state index in [-0.39, 0.29) is 5.41 Å². The highest BCUT2D eigenvalue weighted by Gasteiger charge is 2.20. The van der Waals surface area contributed by atoms with Gasteiger partial charge in [-0.2, -0.15) is 0 Å². The van der Waals surface area contributed by atoms with Gasteiger partial charge in [0.25, 0.3) is 0 Å². The molecule has 25 heavy (non-hydrogen) atoms. The summed E-state index contributed by atoms with van der Waals surface area (Å²) in [5.41, 5.74) is 7.84. The molecule has 5 nitrogen and oxygen atoms in total. The number of ether oxygens (including phenoxy) is 2. The Morgan fingerprint density at radius 3 is 2.40 bits per heavy atom. The molecular formula is C19H24BrN3O2. The number of aliphatic imine (C=N–C) groups is 1. The zero-order valence-corrected chi connectivity index (χ0v) is 16.6. The molecule has 0 bridgehead atoms. The lowest BCUT2D eigenvalue weighted by atomic mass is 9.85. The molecule has 0 heterocycles. The van der Waals surface area contributed by atoms with E-state index in [1.165, 1.54) is 5.56 Å². The van der Waals surface area contributed by atoms with Crippen molar-refractivity contribution in [3.8, 4) is 11.5 Å². The van der Waals surface area contributed by atoms with Crippen molar-refractivity contribution in [3.63, 3.8) is 0 Å². The molecule has 6 heteroatoms. The Morgan fingerprint density at radius 1 is 1.12 bits per heavy atom. The second-order valence-electron chi connectivity index (χ2n) is 6.28. The van der Waals surface area contributed by atoms with Gasteiger partial charge in [-0.15, -0.1) is 0 Å². The van der Waals surface area contributed by atoms with Crippen LogP contribution in [0, 0.1) is 0 Å². The number of benzene rings is 2. The molecule has 0 aromatic heterocycles. The molecule has 2 aromatic rings. The van der Waals surface area contributed by atoms with Crippen LogP contribution in [-0.2, 0) is 5.41 Å². The standard InChI is InChI=1S/C19H24BrN3O2/c1-19(2,13-5-7-14(20)8-6-13)12-22-18(21)23-16-11-15(24-3)9-10-17(16)25-4/h5-11H,12H2,1-4H3,(H3,21,22,23). The van der Waals surface area contributed by atoms with Crippen molar-refractivity contribution in [2.75, 3.05) is 26.1 Å². The average Bonchev–Trinajstić information content (AvgIpc) is 2.60. The maximum Gasteiger partial charge on any atom is 0.193 e. The number of guanidine groups is 1. The fraction of sp³-hybridized carbons (Fsp3) is 0.316. The summed E-state index contributed by atoms with van der Waals surface area (Å²) in [5.74, 6) is 1.72. The Bertz CT molecular complexity index is 743. The summed E-state index contributed by atoms with van der Waals surface area (Å²) in [5, 5.41) is 3.08. The second kappa shape index (κ2) is 8.25. The lowest BCUT2D eigenvalue weighted by Gasteiger charge is -2.23. The molecule has 0 saturated heterocycles. The predicted molar refractivity (Wildman–Crippen MR) is 107 cm³/mol. The van der Waals surface area contributed by atoms with Crippen LogP contribution in [0.25, 0.3) is 0 Å². The number of nitrogens with two attached hydrogens (primary N) is 1. The summed E-state index contributed by atoms with van der Waals surface area (Å²) >= 11 is 3.46. The fourth-order valence-electron chi connectivity index (χ4n) is 2.36. The van der Waals surface area contributed by atoms with Crippen LogP contribution in [0.5, 0.6) is 11.5 Å². The average molecular weight is 406 g/mol. The van der Waals surface area contributed by atoms with Gasteiger partial charge in [-0.3, -0.25) is 4.99 Å². The van der Waals surface area contributed by atoms with Crippen LogP contribution in [0.15, 0.2) is 51.9 Å². The zero-order valence-electron chi connectivity index (χ0n) is 15.0. The summed E-state index contributed by atoms with van der Waals surface area (Å²) in [7, 11) is 3.22. The van der Waals surface area contributed by atoms with Crippen LogP contribution in [-0.4, -0.2) is 26.7 Å². The van der Waals surface area contributed by atoms with E-state index in [0.717, 1.165) is 4.47 Å². The molecule has 0 aliphatic carbocycles. The van der Waals surface area contributed by atoms with E-state index in [4.69, 9.17) is 15.2 Å². The van der Waals surface area contributed by atoms with Crippen molar-refractivity contribution < 1.29 is 9.47 Å². The molecule has 0 fully saturated rings. The minimum Gasteiger partial charge on any atom is -0.497 e. The molecule has 2 rings (SSSR count). The Kier molecular flexibility index (Phi) is 6.31. The van der Waals surface area contributed by atoms with Crippen molar-refractivity contribution in [2.45, 2.75) is 19.3 Å². The van der Waals surface area contributed by atoms with Gasteiger partial charge in [0.2, 0.25) is 0 Å². The largest absolute Gasteiger partial charge is 0.497 e. The summed E-state index contributed by atoms with van der Waals surface area (Å²) in [4.78, 5) is 4.50. The van der Waals surface area contributed by atoms with E-state index in [2.05, 4.69) is 52.2 Å². The monoisotopic (exact) mass is 405 g/mol. The number of hydrogen-bond acceptors (Lipinski definition) is 3. The number of nitrogens with one attached hydrogen (secondary N) is 1. The first-order chi connectivity index (χ1) is 11.9. The Balaban J connectivity index is 2.12. The molecule has 0 spiro atoms. The second-order valence-corrected chi connectivity index (χ2v) is 7.20. The lowest BCUT2D eigenvalue weighted by molar-refractivity contribution is 0.405. The van der Waals surface area contributed by atoms with Gasteiger partial charge < -0.3 is 20.5 Å². The molecule has 0 aliphatic heterocycles. The molecule has 3 N–H and O–H groups in total. The molecule has 0 radical (unpaired) electrons. The topological polar surface area (TPSA) is 68.9 Å². The third-order valence-electron chi connectivity index (χ3n) is 3.94. The molecule has 0 aliphatic rings. The van der Waals surface area contributed by atoms with Crippen molar-refractivity contribution >= 4 is 27.6 Å². The summed E-state index contributed by atoms with van der Waals surface area (Å²) in [6.07, 6.45) is 0. The van der Waals surface area contributed by atoms with Gasteiger partial charge in [0, 0.05) is 16.0 Å². The summed E-state index contributed by atoms with van der Waals surface area (Å²) in [6.45, 7) is 4.83. The summed E-state index contributed by atoms with van der Waals surface area (Å²) < 4.78 is 11.6. The molecule has 0 unspecified atom stereocenters. The van der Waals surface area contributed by atoms with Crippen LogP contribution >= 0.6 is 15.9 Å². The Labute approximate surface area is 157 Å². The van der Waals surface area contributed by atoms with E-state index in [1.807, 2.05) is 30.3 Å². The predicted octanol–water partition coefficient (Wildman–Crippen LogP) is 4.17. The Morgan fingerprint density at radius 2 is 1.80 bits per heavy atom. The van der Waals surface area contributed by atoms with Crippen molar-refractivity contribution in [2.24, 2.45) is 10.7 Å². The maximum atomic E-state index is 6.07. The minimum atomic E-state index is -0.133. The van der Waals surface area contributed by atoms with Crippen LogP contribution in [0.1, 0.15) is 19.4 Å². The van der Waals surface area contributed by atoms with E-state index in [1.54, 1.807) is 14.2 Å². The maximum absolute atomic E-state index is 6.07. The fourth-order valence-corrected chi connectivity index (χ4v) is 2.63. The van der Waals surface area contributed by atoms with Crippen molar-refractivity contribution in [3.05, 3.63) is 52.5 Å². The van der Waals surface area contributed by atoms with Crippen LogP contribution in [0.4, 0.5) is 5.69 Å².